The second-order valence-electron chi connectivity index (χ2n) is 2.47. The number of ketones is 1. The maximum absolute atomic E-state index is 10.7. The topological polar surface area (TPSA) is 111 Å². The van der Waals surface area contributed by atoms with Gasteiger partial charge in [-0.3, -0.25) is 10.2 Å². The van der Waals surface area contributed by atoms with Gasteiger partial charge in [0.25, 0.3) is 5.90 Å². The minimum Gasteiger partial charge on any atom is -0.466 e. The van der Waals surface area contributed by atoms with Gasteiger partial charge in [0.2, 0.25) is 5.78 Å². The van der Waals surface area contributed by atoms with E-state index in [1.807, 2.05) is 0 Å². The van der Waals surface area contributed by atoms with Crippen LogP contribution in [-0.2, 0) is 9.53 Å². The molecule has 1 heterocycles. The summed E-state index contributed by atoms with van der Waals surface area (Å²) in [6.07, 6.45) is -4.10. The molecule has 1 aliphatic rings. The van der Waals surface area contributed by atoms with Crippen LogP contribution in [-0.4, -0.2) is 51.9 Å². The highest BCUT2D eigenvalue weighted by Crippen LogP contribution is 2.15. The lowest BCUT2D eigenvalue weighted by Crippen LogP contribution is -2.38. The molecule has 6 nitrogen and oxygen atoms in total. The van der Waals surface area contributed by atoms with Crippen molar-refractivity contribution in [3.8, 4) is 0 Å². The molecular weight excluding hydrogens is 166 g/mol. The van der Waals surface area contributed by atoms with Crippen LogP contribution in [0.25, 0.3) is 0 Å². The van der Waals surface area contributed by atoms with Gasteiger partial charge >= 0.3 is 0 Å². The summed E-state index contributed by atoms with van der Waals surface area (Å²) in [6.45, 7) is -0.623. The minimum absolute atomic E-state index is 0.623. The van der Waals surface area contributed by atoms with Gasteiger partial charge < -0.3 is 20.1 Å². The third kappa shape index (κ3) is 1.31. The van der Waals surface area contributed by atoms with E-state index in [0.29, 0.717) is 0 Å². The lowest BCUT2D eigenvalue weighted by molar-refractivity contribution is -0.123. The maximum Gasteiger partial charge on any atom is 0.253 e. The van der Waals surface area contributed by atoms with E-state index in [2.05, 4.69) is 4.74 Å². The molecule has 0 aliphatic carbocycles. The summed E-state index contributed by atoms with van der Waals surface area (Å²) < 4.78 is 4.51. The van der Waals surface area contributed by atoms with Crippen molar-refractivity contribution in [2.75, 3.05) is 6.61 Å². The highest BCUT2D eigenvalue weighted by atomic mass is 16.5. The molecule has 1 rings (SSSR count). The molecule has 0 aromatic heterocycles. The van der Waals surface area contributed by atoms with E-state index in [1.165, 1.54) is 0 Å². The first-order valence-electron chi connectivity index (χ1n) is 3.34. The van der Waals surface area contributed by atoms with Crippen molar-refractivity contribution in [2.45, 2.75) is 18.3 Å². The molecule has 1 aliphatic heterocycles. The molecule has 1 saturated heterocycles. The molecule has 12 heavy (non-hydrogen) atoms. The molecule has 3 atom stereocenters. The average Bonchev–Trinajstić information content (AvgIpc) is 2.32. The lowest BCUT2D eigenvalue weighted by Gasteiger charge is -2.16. The number of rotatable bonds is 2. The van der Waals surface area contributed by atoms with Gasteiger partial charge in [-0.25, -0.2) is 0 Å². The Kier molecular flexibility index (Phi) is 2.41. The number of carbonyl (C=O) groups excluding carboxylic acids is 1. The molecule has 0 aromatic rings. The third-order valence-corrected chi connectivity index (χ3v) is 1.62. The Morgan fingerprint density at radius 3 is 2.58 bits per heavy atom. The second-order valence-corrected chi connectivity index (χ2v) is 2.47. The second kappa shape index (κ2) is 3.18. The number of carbonyl (C=O) groups is 1. The van der Waals surface area contributed by atoms with Gasteiger partial charge in [0.05, 0.1) is 6.61 Å². The Morgan fingerprint density at radius 2 is 2.25 bits per heavy atom. The Labute approximate surface area is 67.9 Å². The smallest absolute Gasteiger partial charge is 0.253 e. The summed E-state index contributed by atoms with van der Waals surface area (Å²) in [7, 11) is 0. The summed E-state index contributed by atoms with van der Waals surface area (Å²) in [6, 6.07) is 0. The number of Topliss-reactive ketones (excluding diaryl/α,β-unsaturated/α-hetero) is 1. The standard InChI is InChI=1S/C6H9NO5/c7-6-4(11)3(10)5(12-6)2(9)1-8/h2-3,5,7-10H,1H2. The fourth-order valence-electron chi connectivity index (χ4n) is 0.935. The van der Waals surface area contributed by atoms with E-state index in [0.717, 1.165) is 0 Å². The molecule has 0 amide bonds. The number of aliphatic hydroxyl groups excluding tert-OH is 3. The summed E-state index contributed by atoms with van der Waals surface area (Å²) in [5, 5.41) is 33.3. The molecule has 4 N–H and O–H groups in total. The molecule has 0 saturated carbocycles. The van der Waals surface area contributed by atoms with Crippen molar-refractivity contribution in [3.63, 3.8) is 0 Å². The lowest BCUT2D eigenvalue weighted by atomic mass is 10.1. The van der Waals surface area contributed by atoms with Gasteiger partial charge in [-0.2, -0.15) is 0 Å². The van der Waals surface area contributed by atoms with E-state index in [4.69, 9.17) is 20.7 Å². The van der Waals surface area contributed by atoms with Crippen LogP contribution < -0.4 is 0 Å². The third-order valence-electron chi connectivity index (χ3n) is 1.62. The Morgan fingerprint density at radius 1 is 1.67 bits per heavy atom. The first kappa shape index (κ1) is 9.11. The van der Waals surface area contributed by atoms with Gasteiger partial charge in [0.15, 0.2) is 12.2 Å². The maximum atomic E-state index is 10.7. The van der Waals surface area contributed by atoms with Crippen LogP contribution in [0.1, 0.15) is 0 Å². The van der Waals surface area contributed by atoms with Crippen LogP contribution in [0.15, 0.2) is 0 Å². The van der Waals surface area contributed by atoms with Gasteiger partial charge in [0.1, 0.15) is 6.10 Å². The zero-order valence-electron chi connectivity index (χ0n) is 6.10. The van der Waals surface area contributed by atoms with Crippen LogP contribution in [0, 0.1) is 5.41 Å². The van der Waals surface area contributed by atoms with E-state index in [9.17, 15) is 4.79 Å². The summed E-state index contributed by atoms with van der Waals surface area (Å²) in [5.74, 6) is -1.55. The summed E-state index contributed by atoms with van der Waals surface area (Å²) in [4.78, 5) is 10.7. The Bertz CT molecular complexity index is 216. The van der Waals surface area contributed by atoms with Gasteiger partial charge in [-0.15, -0.1) is 0 Å². The van der Waals surface area contributed by atoms with E-state index >= 15 is 0 Å². The van der Waals surface area contributed by atoms with Crippen molar-refractivity contribution in [1.29, 1.82) is 5.41 Å². The predicted molar refractivity (Wildman–Crippen MR) is 36.7 cm³/mol. The molecule has 0 bridgehead atoms. The van der Waals surface area contributed by atoms with Crippen LogP contribution in [0.5, 0.6) is 0 Å². The van der Waals surface area contributed by atoms with E-state index in [-0.39, 0.29) is 0 Å². The fraction of sp³-hybridized carbons (Fsp3) is 0.667. The number of hydrogen-bond donors (Lipinski definition) is 4. The number of aliphatic hydroxyl groups is 3. The summed E-state index contributed by atoms with van der Waals surface area (Å²) in [5.41, 5.74) is 0. The van der Waals surface area contributed by atoms with Crippen molar-refractivity contribution in [1.82, 2.24) is 0 Å². The Hall–Kier alpha value is -0.980. The molecule has 0 radical (unpaired) electrons. The SMILES string of the molecule is N=C1OC(C(O)CO)C(O)C1=O. The van der Waals surface area contributed by atoms with Crippen molar-refractivity contribution < 1.29 is 24.9 Å². The van der Waals surface area contributed by atoms with Gasteiger partial charge in [-0.1, -0.05) is 0 Å². The van der Waals surface area contributed by atoms with Gasteiger partial charge in [-0.05, 0) is 0 Å². The van der Waals surface area contributed by atoms with Gasteiger partial charge in [0, 0.05) is 0 Å². The highest BCUT2D eigenvalue weighted by Gasteiger charge is 2.43. The number of nitrogens with one attached hydrogen (secondary N) is 1. The molecule has 6 heteroatoms. The van der Waals surface area contributed by atoms with Crippen LogP contribution >= 0.6 is 0 Å². The largest absolute Gasteiger partial charge is 0.466 e. The van der Waals surface area contributed by atoms with Crippen molar-refractivity contribution in [2.24, 2.45) is 0 Å². The predicted octanol–water partition coefficient (Wildman–Crippen LogP) is -2.35. The molecule has 3 unspecified atom stereocenters. The minimum atomic E-state index is -1.54. The van der Waals surface area contributed by atoms with Crippen molar-refractivity contribution in [3.05, 3.63) is 0 Å². The number of ether oxygens (including phenoxy) is 1. The van der Waals surface area contributed by atoms with Crippen LogP contribution in [0.3, 0.4) is 0 Å². The highest BCUT2D eigenvalue weighted by molar-refractivity contribution is 6.38. The first-order chi connectivity index (χ1) is 5.57. The average molecular weight is 175 g/mol. The van der Waals surface area contributed by atoms with E-state index < -0.39 is 36.6 Å². The first-order valence-corrected chi connectivity index (χ1v) is 3.34. The zero-order chi connectivity index (χ0) is 9.30. The summed E-state index contributed by atoms with van der Waals surface area (Å²) >= 11 is 0. The number of hydrogen-bond acceptors (Lipinski definition) is 6. The molecule has 68 valence electrons. The van der Waals surface area contributed by atoms with Crippen LogP contribution in [0.4, 0.5) is 0 Å². The Balaban J connectivity index is 2.70. The zero-order valence-corrected chi connectivity index (χ0v) is 6.10. The van der Waals surface area contributed by atoms with Crippen molar-refractivity contribution >= 4 is 11.7 Å². The normalized spacial score (nSPS) is 31.9. The molecular formula is C6H9NO5. The quantitative estimate of drug-likeness (QED) is 0.375. The fourth-order valence-corrected chi connectivity index (χ4v) is 0.935. The monoisotopic (exact) mass is 175 g/mol. The molecule has 1 fully saturated rings. The molecule has 0 spiro atoms. The molecule has 0 aromatic carbocycles. The van der Waals surface area contributed by atoms with Crippen LogP contribution in [0.2, 0.25) is 0 Å². The van der Waals surface area contributed by atoms with E-state index in [1.54, 1.807) is 0 Å².